The third-order valence-corrected chi connectivity index (χ3v) is 7.49. The summed E-state index contributed by atoms with van der Waals surface area (Å²) < 4.78 is 5.47. The zero-order valence-electron chi connectivity index (χ0n) is 16.7. The average Bonchev–Trinajstić information content (AvgIpc) is 3.42. The van der Waals surface area contributed by atoms with Crippen molar-refractivity contribution in [3.63, 3.8) is 0 Å². The zero-order valence-corrected chi connectivity index (χ0v) is 17.5. The molecule has 2 fully saturated rings. The molecule has 2 aliphatic heterocycles. The number of ether oxygens (including phenoxy) is 1. The van der Waals surface area contributed by atoms with Gasteiger partial charge in [-0.25, -0.2) is 9.97 Å². The second kappa shape index (κ2) is 8.40. The third-order valence-electron chi connectivity index (χ3n) is 6.42. The highest BCUT2D eigenvalue weighted by Gasteiger charge is 2.28. The molecule has 1 unspecified atom stereocenters. The number of hydrogen-bond acceptors (Lipinski definition) is 6. The van der Waals surface area contributed by atoms with Gasteiger partial charge in [0.05, 0.1) is 4.88 Å². The molecule has 6 nitrogen and oxygen atoms in total. The van der Waals surface area contributed by atoms with Crippen molar-refractivity contribution in [2.24, 2.45) is 0 Å². The Balaban J connectivity index is 1.22. The van der Waals surface area contributed by atoms with E-state index in [1.54, 1.807) is 11.3 Å². The van der Waals surface area contributed by atoms with Crippen molar-refractivity contribution < 1.29 is 9.53 Å². The Morgan fingerprint density at radius 1 is 1.21 bits per heavy atom. The zero-order chi connectivity index (χ0) is 19.6. The summed E-state index contributed by atoms with van der Waals surface area (Å²) in [6, 6.07) is 2.19. The summed E-state index contributed by atoms with van der Waals surface area (Å²) >= 11 is 1.61. The number of rotatable bonds is 4. The SMILES string of the molecule is O=C(NC1CCN(c2nccc(C3CCOCC3)n2)C1)c1scc2c1CCCC2. The van der Waals surface area contributed by atoms with Gasteiger partial charge < -0.3 is 15.0 Å². The first-order chi connectivity index (χ1) is 14.3. The highest BCUT2D eigenvalue weighted by Crippen LogP contribution is 2.30. The molecule has 0 radical (unpaired) electrons. The maximum atomic E-state index is 12.9. The second-order valence-corrected chi connectivity index (χ2v) is 9.23. The molecule has 3 aliphatic rings. The van der Waals surface area contributed by atoms with Crippen molar-refractivity contribution in [2.45, 2.75) is 56.9 Å². The molecule has 1 atom stereocenters. The molecular weight excluding hydrogens is 384 g/mol. The maximum absolute atomic E-state index is 12.9. The molecule has 7 heteroatoms. The fraction of sp³-hybridized carbons (Fsp3) is 0.591. The number of nitrogens with zero attached hydrogens (tertiary/aromatic N) is 3. The molecule has 154 valence electrons. The van der Waals surface area contributed by atoms with Crippen LogP contribution in [-0.4, -0.2) is 48.2 Å². The van der Waals surface area contributed by atoms with E-state index in [-0.39, 0.29) is 11.9 Å². The number of nitrogens with one attached hydrogen (secondary N) is 1. The Hall–Kier alpha value is -1.99. The van der Waals surface area contributed by atoms with E-state index in [2.05, 4.69) is 20.6 Å². The second-order valence-electron chi connectivity index (χ2n) is 8.35. The number of aryl methyl sites for hydroxylation is 1. The molecule has 0 bridgehead atoms. The van der Waals surface area contributed by atoms with Crippen LogP contribution in [0.15, 0.2) is 17.6 Å². The van der Waals surface area contributed by atoms with Gasteiger partial charge in [-0.3, -0.25) is 4.79 Å². The third kappa shape index (κ3) is 4.03. The number of carbonyl (C=O) groups is 1. The number of carbonyl (C=O) groups excluding carboxylic acids is 1. The number of fused-ring (bicyclic) bond motifs is 1. The van der Waals surface area contributed by atoms with Crippen molar-refractivity contribution in [1.82, 2.24) is 15.3 Å². The van der Waals surface area contributed by atoms with Gasteiger partial charge in [-0.05, 0) is 67.5 Å². The van der Waals surface area contributed by atoms with E-state index in [9.17, 15) is 4.79 Å². The Morgan fingerprint density at radius 3 is 2.97 bits per heavy atom. The standard InChI is InChI=1S/C22H28N4O2S/c27-21(20-18-4-2-1-3-16(18)14-29-20)24-17-6-10-26(13-17)22-23-9-5-19(25-22)15-7-11-28-12-8-15/h5,9,14-15,17H,1-4,6-8,10-13H2,(H,24,27). The van der Waals surface area contributed by atoms with E-state index < -0.39 is 0 Å². The lowest BCUT2D eigenvalue weighted by Crippen LogP contribution is -2.37. The molecule has 1 aliphatic carbocycles. The van der Waals surface area contributed by atoms with E-state index in [0.29, 0.717) is 5.92 Å². The molecule has 2 aromatic heterocycles. The molecule has 0 aromatic carbocycles. The van der Waals surface area contributed by atoms with Crippen LogP contribution in [0.3, 0.4) is 0 Å². The van der Waals surface area contributed by atoms with Crippen molar-refractivity contribution in [2.75, 3.05) is 31.2 Å². The van der Waals surface area contributed by atoms with Gasteiger partial charge in [0.25, 0.3) is 5.91 Å². The predicted molar refractivity (Wildman–Crippen MR) is 114 cm³/mol. The first-order valence-corrected chi connectivity index (χ1v) is 11.7. The lowest BCUT2D eigenvalue weighted by Gasteiger charge is -2.23. The minimum absolute atomic E-state index is 0.0990. The number of aromatic nitrogens is 2. The summed E-state index contributed by atoms with van der Waals surface area (Å²) in [7, 11) is 0. The first kappa shape index (κ1) is 19.0. The molecule has 2 aromatic rings. The molecule has 1 amide bonds. The first-order valence-electron chi connectivity index (χ1n) is 10.8. The molecule has 0 spiro atoms. The average molecular weight is 413 g/mol. The fourth-order valence-corrected chi connectivity index (χ4v) is 5.82. The van der Waals surface area contributed by atoms with Crippen LogP contribution in [0.2, 0.25) is 0 Å². The highest BCUT2D eigenvalue weighted by atomic mass is 32.1. The predicted octanol–water partition coefficient (Wildman–Crippen LogP) is 3.32. The van der Waals surface area contributed by atoms with E-state index in [4.69, 9.17) is 9.72 Å². The fourth-order valence-electron chi connectivity index (χ4n) is 4.76. The van der Waals surface area contributed by atoms with E-state index >= 15 is 0 Å². The quantitative estimate of drug-likeness (QED) is 0.834. The minimum Gasteiger partial charge on any atom is -0.381 e. The van der Waals surface area contributed by atoms with E-state index in [1.165, 1.54) is 24.0 Å². The van der Waals surface area contributed by atoms with Gasteiger partial charge in [-0.15, -0.1) is 11.3 Å². The van der Waals surface area contributed by atoms with Gasteiger partial charge in [0, 0.05) is 50.2 Å². The smallest absolute Gasteiger partial charge is 0.261 e. The van der Waals surface area contributed by atoms with Crippen LogP contribution >= 0.6 is 11.3 Å². The van der Waals surface area contributed by atoms with Crippen LogP contribution in [0, 0.1) is 0 Å². The summed E-state index contributed by atoms with van der Waals surface area (Å²) in [6.45, 7) is 3.28. The Bertz CT molecular complexity index is 877. The van der Waals surface area contributed by atoms with Crippen LogP contribution in [0.25, 0.3) is 0 Å². The Labute approximate surface area is 175 Å². The van der Waals surface area contributed by atoms with Crippen LogP contribution < -0.4 is 10.2 Å². The van der Waals surface area contributed by atoms with Crippen molar-refractivity contribution in [3.05, 3.63) is 39.3 Å². The van der Waals surface area contributed by atoms with E-state index in [1.807, 2.05) is 12.3 Å². The molecule has 29 heavy (non-hydrogen) atoms. The van der Waals surface area contributed by atoms with Gasteiger partial charge in [0.2, 0.25) is 5.95 Å². The molecule has 5 rings (SSSR count). The lowest BCUT2D eigenvalue weighted by molar-refractivity contribution is 0.0845. The number of amides is 1. The maximum Gasteiger partial charge on any atom is 0.261 e. The number of hydrogen-bond donors (Lipinski definition) is 1. The summed E-state index contributed by atoms with van der Waals surface area (Å²) in [5.74, 6) is 1.36. The van der Waals surface area contributed by atoms with Crippen LogP contribution in [0.5, 0.6) is 0 Å². The molecule has 4 heterocycles. The largest absolute Gasteiger partial charge is 0.381 e. The van der Waals surface area contributed by atoms with Gasteiger partial charge in [-0.2, -0.15) is 0 Å². The van der Waals surface area contributed by atoms with Crippen LogP contribution in [0.1, 0.15) is 64.5 Å². The van der Waals surface area contributed by atoms with Gasteiger partial charge in [0.1, 0.15) is 0 Å². The summed E-state index contributed by atoms with van der Waals surface area (Å²) in [5, 5.41) is 5.45. The van der Waals surface area contributed by atoms with Crippen LogP contribution in [-0.2, 0) is 17.6 Å². The topological polar surface area (TPSA) is 67.4 Å². The van der Waals surface area contributed by atoms with Gasteiger partial charge in [0.15, 0.2) is 0 Å². The normalized spacial score (nSPS) is 22.5. The van der Waals surface area contributed by atoms with Crippen molar-refractivity contribution in [3.8, 4) is 0 Å². The minimum atomic E-state index is 0.0990. The van der Waals surface area contributed by atoms with Crippen LogP contribution in [0.4, 0.5) is 5.95 Å². The number of anilines is 1. The van der Waals surface area contributed by atoms with Crippen molar-refractivity contribution >= 4 is 23.2 Å². The monoisotopic (exact) mass is 412 g/mol. The van der Waals surface area contributed by atoms with E-state index in [0.717, 1.165) is 74.9 Å². The van der Waals surface area contributed by atoms with Gasteiger partial charge >= 0.3 is 0 Å². The number of thiophene rings is 1. The molecular formula is C22H28N4O2S. The molecule has 2 saturated heterocycles. The highest BCUT2D eigenvalue weighted by molar-refractivity contribution is 7.12. The van der Waals surface area contributed by atoms with Crippen molar-refractivity contribution in [1.29, 1.82) is 0 Å². The molecule has 1 N–H and O–H groups in total. The van der Waals surface area contributed by atoms with Gasteiger partial charge in [-0.1, -0.05) is 0 Å². The summed E-state index contributed by atoms with van der Waals surface area (Å²) in [6.07, 6.45) is 9.47. The molecule has 0 saturated carbocycles. The lowest BCUT2D eigenvalue weighted by atomic mass is 9.94. The summed E-state index contributed by atoms with van der Waals surface area (Å²) in [5.41, 5.74) is 3.80. The Morgan fingerprint density at radius 2 is 2.07 bits per heavy atom. The summed E-state index contributed by atoms with van der Waals surface area (Å²) in [4.78, 5) is 25.4. The Kier molecular flexibility index (Phi) is 5.50.